The molecule has 3 aromatic rings. The van der Waals surface area contributed by atoms with E-state index in [1.807, 2.05) is 54.5 Å². The third-order valence-corrected chi connectivity index (χ3v) is 5.24. The van der Waals surface area contributed by atoms with E-state index in [2.05, 4.69) is 32.6 Å². The van der Waals surface area contributed by atoms with E-state index >= 15 is 0 Å². The van der Waals surface area contributed by atoms with Crippen molar-refractivity contribution in [1.29, 1.82) is 0 Å². The van der Waals surface area contributed by atoms with Crippen LogP contribution in [0.1, 0.15) is 41.8 Å². The van der Waals surface area contributed by atoms with Crippen LogP contribution in [0.4, 0.5) is 0 Å². The normalized spacial score (nSPS) is 16.3. The predicted octanol–water partition coefficient (Wildman–Crippen LogP) is 2.37. The van der Waals surface area contributed by atoms with Crippen LogP contribution in [0.3, 0.4) is 0 Å². The first kappa shape index (κ1) is 17.3. The Morgan fingerprint density at radius 3 is 2.41 bits per heavy atom. The van der Waals surface area contributed by atoms with Crippen molar-refractivity contribution >= 4 is 5.91 Å². The minimum absolute atomic E-state index is 0.0461. The van der Waals surface area contributed by atoms with Crippen LogP contribution < -0.4 is 0 Å². The summed E-state index contributed by atoms with van der Waals surface area (Å²) in [4.78, 5) is 19.4. The number of pyridine rings is 1. The first-order valence-electron chi connectivity index (χ1n) is 9.22. The molecule has 0 saturated carbocycles. The summed E-state index contributed by atoms with van der Waals surface area (Å²) < 4.78 is 1.62. The smallest absolute Gasteiger partial charge is 0.252 e. The number of benzene rings is 1. The minimum atomic E-state index is -0.529. The number of carbonyl (C=O) groups excluding carboxylic acids is 1. The highest BCUT2D eigenvalue weighted by atomic mass is 16.2. The number of carbonyl (C=O) groups is 1. The largest absolute Gasteiger partial charge is 0.340 e. The van der Waals surface area contributed by atoms with E-state index in [0.29, 0.717) is 11.7 Å². The molecule has 27 heavy (non-hydrogen) atoms. The molecule has 1 aliphatic heterocycles. The zero-order valence-corrected chi connectivity index (χ0v) is 15.3. The van der Waals surface area contributed by atoms with Crippen molar-refractivity contribution < 1.29 is 4.79 Å². The van der Waals surface area contributed by atoms with Crippen molar-refractivity contribution in [2.45, 2.75) is 31.7 Å². The molecule has 4 rings (SSSR count). The van der Waals surface area contributed by atoms with E-state index in [-0.39, 0.29) is 5.91 Å². The molecule has 1 unspecified atom stereocenters. The maximum Gasteiger partial charge on any atom is 0.252 e. The molecule has 1 aliphatic rings. The second-order valence-electron chi connectivity index (χ2n) is 6.86. The van der Waals surface area contributed by atoms with Gasteiger partial charge < -0.3 is 4.90 Å². The number of hydrogen-bond acceptors (Lipinski definition) is 5. The zero-order valence-electron chi connectivity index (χ0n) is 15.3. The van der Waals surface area contributed by atoms with Crippen molar-refractivity contribution in [3.8, 4) is 0 Å². The van der Waals surface area contributed by atoms with Gasteiger partial charge in [-0.15, -0.1) is 5.10 Å². The van der Waals surface area contributed by atoms with E-state index in [4.69, 9.17) is 0 Å². The lowest BCUT2D eigenvalue weighted by atomic mass is 9.89. The molecule has 3 heterocycles. The lowest BCUT2D eigenvalue weighted by Gasteiger charge is -2.34. The Morgan fingerprint density at radius 1 is 1.07 bits per heavy atom. The summed E-state index contributed by atoms with van der Waals surface area (Å²) in [6, 6.07) is 13.3. The number of aryl methyl sites for hydroxylation is 1. The van der Waals surface area contributed by atoms with E-state index in [1.165, 1.54) is 5.56 Å². The van der Waals surface area contributed by atoms with Crippen molar-refractivity contribution in [2.75, 3.05) is 13.1 Å². The summed E-state index contributed by atoms with van der Waals surface area (Å²) in [5.74, 6) is 1.15. The maximum atomic E-state index is 13.4. The van der Waals surface area contributed by atoms with Crippen molar-refractivity contribution in [2.24, 2.45) is 0 Å². The number of tetrazole rings is 1. The highest BCUT2D eigenvalue weighted by Gasteiger charge is 2.32. The highest BCUT2D eigenvalue weighted by Crippen LogP contribution is 2.30. The number of aromatic nitrogens is 5. The molecule has 1 saturated heterocycles. The molecule has 1 aromatic carbocycles. The molecule has 1 fully saturated rings. The number of amides is 1. The summed E-state index contributed by atoms with van der Waals surface area (Å²) in [5.41, 5.74) is 2.20. The Morgan fingerprint density at radius 2 is 1.78 bits per heavy atom. The van der Waals surface area contributed by atoms with Crippen LogP contribution >= 0.6 is 0 Å². The molecular formula is C20H22N6O. The van der Waals surface area contributed by atoms with Gasteiger partial charge in [0.1, 0.15) is 5.82 Å². The molecule has 0 spiro atoms. The Balaban J connectivity index is 1.54. The molecule has 138 valence electrons. The quantitative estimate of drug-likeness (QED) is 0.712. The van der Waals surface area contributed by atoms with E-state index in [0.717, 1.165) is 31.5 Å². The lowest BCUT2D eigenvalue weighted by Crippen LogP contribution is -2.42. The predicted molar refractivity (Wildman–Crippen MR) is 99.9 cm³/mol. The van der Waals surface area contributed by atoms with Crippen molar-refractivity contribution in [3.63, 3.8) is 0 Å². The van der Waals surface area contributed by atoms with Crippen LogP contribution in [0.25, 0.3) is 0 Å². The Labute approximate surface area is 158 Å². The van der Waals surface area contributed by atoms with E-state index in [1.54, 1.807) is 4.68 Å². The minimum Gasteiger partial charge on any atom is -0.340 e. The molecule has 0 radical (unpaired) electrons. The van der Waals surface area contributed by atoms with E-state index < -0.39 is 6.04 Å². The van der Waals surface area contributed by atoms with Gasteiger partial charge in [-0.2, -0.15) is 0 Å². The van der Waals surface area contributed by atoms with Gasteiger partial charge in [0.15, 0.2) is 6.04 Å². The van der Waals surface area contributed by atoms with Crippen LogP contribution in [-0.2, 0) is 4.79 Å². The Kier molecular flexibility index (Phi) is 4.91. The van der Waals surface area contributed by atoms with Gasteiger partial charge in [-0.3, -0.25) is 9.78 Å². The summed E-state index contributed by atoms with van der Waals surface area (Å²) in [7, 11) is 0. The van der Waals surface area contributed by atoms with Gasteiger partial charge in [0.25, 0.3) is 5.91 Å². The fourth-order valence-electron chi connectivity index (χ4n) is 3.74. The number of nitrogens with zero attached hydrogens (tertiary/aromatic N) is 6. The number of likely N-dealkylation sites (tertiary alicyclic amines) is 1. The van der Waals surface area contributed by atoms with Crippen molar-refractivity contribution in [3.05, 3.63) is 71.8 Å². The maximum absolute atomic E-state index is 13.4. The lowest BCUT2D eigenvalue weighted by molar-refractivity contribution is -0.135. The molecular weight excluding hydrogens is 340 g/mol. The molecule has 1 atom stereocenters. The first-order valence-corrected chi connectivity index (χ1v) is 9.22. The highest BCUT2D eigenvalue weighted by molar-refractivity contribution is 5.83. The van der Waals surface area contributed by atoms with E-state index in [9.17, 15) is 4.79 Å². The van der Waals surface area contributed by atoms with Crippen LogP contribution in [0.2, 0.25) is 0 Å². The van der Waals surface area contributed by atoms with Gasteiger partial charge >= 0.3 is 0 Å². The van der Waals surface area contributed by atoms with Crippen LogP contribution in [0.5, 0.6) is 0 Å². The van der Waals surface area contributed by atoms with Gasteiger partial charge in [-0.25, -0.2) is 4.68 Å². The van der Waals surface area contributed by atoms with Gasteiger partial charge in [-0.05, 0) is 59.4 Å². The van der Waals surface area contributed by atoms with Gasteiger partial charge in [0.2, 0.25) is 0 Å². The average Bonchev–Trinajstić information content (AvgIpc) is 3.15. The third-order valence-electron chi connectivity index (χ3n) is 5.24. The zero-order chi connectivity index (χ0) is 18.6. The fraction of sp³-hybridized carbons (Fsp3) is 0.350. The first-order chi connectivity index (χ1) is 13.2. The molecule has 0 bridgehead atoms. The SMILES string of the molecule is Cc1nnnn1C(C(=O)N1CCC(c2ccncc2)CC1)c1ccccc1. The van der Waals surface area contributed by atoms with Gasteiger partial charge in [0.05, 0.1) is 0 Å². The van der Waals surface area contributed by atoms with Gasteiger partial charge in [-0.1, -0.05) is 30.3 Å². The van der Waals surface area contributed by atoms with Crippen molar-refractivity contribution in [1.82, 2.24) is 30.1 Å². The molecule has 7 heteroatoms. The second-order valence-corrected chi connectivity index (χ2v) is 6.86. The second kappa shape index (κ2) is 7.65. The number of hydrogen-bond donors (Lipinski definition) is 0. The van der Waals surface area contributed by atoms with Crippen LogP contribution in [-0.4, -0.2) is 49.1 Å². The topological polar surface area (TPSA) is 76.8 Å². The molecule has 2 aromatic heterocycles. The number of rotatable bonds is 4. The Hall–Kier alpha value is -3.09. The third kappa shape index (κ3) is 3.58. The van der Waals surface area contributed by atoms with Gasteiger partial charge in [0, 0.05) is 25.5 Å². The van der Waals surface area contributed by atoms with Crippen LogP contribution in [0.15, 0.2) is 54.9 Å². The number of piperidine rings is 1. The summed E-state index contributed by atoms with van der Waals surface area (Å²) >= 11 is 0. The summed E-state index contributed by atoms with van der Waals surface area (Å²) in [6.07, 6.45) is 5.56. The molecule has 0 N–H and O–H groups in total. The average molecular weight is 362 g/mol. The monoisotopic (exact) mass is 362 g/mol. The molecule has 0 aliphatic carbocycles. The molecule has 7 nitrogen and oxygen atoms in total. The van der Waals surface area contributed by atoms with Crippen LogP contribution in [0, 0.1) is 6.92 Å². The Bertz CT molecular complexity index is 887. The summed E-state index contributed by atoms with van der Waals surface area (Å²) in [5, 5.41) is 11.8. The fourth-order valence-corrected chi connectivity index (χ4v) is 3.74. The molecule has 1 amide bonds. The summed E-state index contributed by atoms with van der Waals surface area (Å²) in [6.45, 7) is 3.28. The standard InChI is InChI=1S/C20H22N6O/c1-15-22-23-24-26(15)19(18-5-3-2-4-6-18)20(27)25-13-9-17(10-14-25)16-7-11-21-12-8-16/h2-8,11-12,17,19H,9-10,13-14H2,1H3.